The van der Waals surface area contributed by atoms with Gasteiger partial charge in [0.15, 0.2) is 0 Å². The van der Waals surface area contributed by atoms with Crippen LogP contribution in [-0.2, 0) is 29.1 Å². The first kappa shape index (κ1) is 18.5. The molecule has 0 saturated carbocycles. The van der Waals surface area contributed by atoms with Crippen molar-refractivity contribution in [3.63, 3.8) is 0 Å². The summed E-state index contributed by atoms with van der Waals surface area (Å²) in [6.07, 6.45) is 3.47. The minimum Gasteiger partial charge on any atom is -0.467 e. The third kappa shape index (κ3) is 4.34. The number of anilines is 1. The average Bonchev–Trinajstić information content (AvgIpc) is 3.45. The van der Waals surface area contributed by atoms with Crippen LogP contribution in [-0.4, -0.2) is 23.3 Å². The van der Waals surface area contributed by atoms with E-state index in [0.717, 1.165) is 34.9 Å². The van der Waals surface area contributed by atoms with Gasteiger partial charge in [0.1, 0.15) is 5.76 Å². The number of nitrogens with zero attached hydrogens (tertiary/aromatic N) is 2. The molecule has 0 radical (unpaired) electrons. The van der Waals surface area contributed by atoms with Crippen LogP contribution in [0.2, 0.25) is 0 Å². The van der Waals surface area contributed by atoms with Gasteiger partial charge in [0.25, 0.3) is 0 Å². The fourth-order valence-electron chi connectivity index (χ4n) is 3.41. The maximum Gasteiger partial charge on any atom is 0.227 e. The van der Waals surface area contributed by atoms with Crippen LogP contribution < -0.4 is 4.90 Å². The van der Waals surface area contributed by atoms with Crippen molar-refractivity contribution in [3.8, 4) is 0 Å². The van der Waals surface area contributed by atoms with Gasteiger partial charge in [-0.25, -0.2) is 0 Å². The molecule has 0 atom stereocenters. The molecule has 1 aromatic carbocycles. The maximum atomic E-state index is 13.0. The van der Waals surface area contributed by atoms with Gasteiger partial charge in [0.05, 0.1) is 25.8 Å². The van der Waals surface area contributed by atoms with E-state index in [1.54, 1.807) is 17.6 Å². The molecule has 1 saturated heterocycles. The SMILES string of the molecule is O=C(Cc1ccc(N2CCCC2=O)cc1)N(Cc1ccco1)Cc1cccs1. The molecule has 0 bridgehead atoms. The smallest absolute Gasteiger partial charge is 0.227 e. The Morgan fingerprint density at radius 1 is 1.11 bits per heavy atom. The van der Waals surface area contributed by atoms with Gasteiger partial charge < -0.3 is 14.2 Å². The van der Waals surface area contributed by atoms with E-state index < -0.39 is 0 Å². The summed E-state index contributed by atoms with van der Waals surface area (Å²) in [7, 11) is 0. The van der Waals surface area contributed by atoms with Crippen LogP contribution in [0.3, 0.4) is 0 Å². The van der Waals surface area contributed by atoms with Crippen molar-refractivity contribution < 1.29 is 14.0 Å². The molecule has 2 aromatic heterocycles. The lowest BCUT2D eigenvalue weighted by Crippen LogP contribution is -2.31. The molecule has 0 N–H and O–H groups in total. The normalized spacial score (nSPS) is 13.9. The van der Waals surface area contributed by atoms with Gasteiger partial charge in [-0.3, -0.25) is 9.59 Å². The number of hydrogen-bond donors (Lipinski definition) is 0. The van der Waals surface area contributed by atoms with Gasteiger partial charge in [-0.15, -0.1) is 11.3 Å². The zero-order valence-corrected chi connectivity index (χ0v) is 16.4. The Bertz CT molecular complexity index is 881. The Morgan fingerprint density at radius 2 is 1.96 bits per heavy atom. The van der Waals surface area contributed by atoms with Gasteiger partial charge >= 0.3 is 0 Å². The van der Waals surface area contributed by atoms with Crippen LogP contribution in [0.25, 0.3) is 0 Å². The molecule has 2 amide bonds. The van der Waals surface area contributed by atoms with Crippen molar-refractivity contribution in [2.24, 2.45) is 0 Å². The number of rotatable bonds is 7. The number of hydrogen-bond acceptors (Lipinski definition) is 4. The molecule has 1 aliphatic heterocycles. The predicted octanol–water partition coefficient (Wildman–Crippen LogP) is 4.24. The van der Waals surface area contributed by atoms with Crippen molar-refractivity contribution in [1.29, 1.82) is 0 Å². The molecule has 0 aliphatic carbocycles. The predicted molar refractivity (Wildman–Crippen MR) is 109 cm³/mol. The van der Waals surface area contributed by atoms with Gasteiger partial charge in [-0.05, 0) is 47.7 Å². The van der Waals surface area contributed by atoms with Crippen LogP contribution in [0.1, 0.15) is 29.0 Å². The summed E-state index contributed by atoms with van der Waals surface area (Å²) in [5, 5.41) is 2.02. The van der Waals surface area contributed by atoms with E-state index in [9.17, 15) is 9.59 Å². The van der Waals surface area contributed by atoms with Crippen molar-refractivity contribution >= 4 is 28.8 Å². The lowest BCUT2D eigenvalue weighted by atomic mass is 10.1. The Balaban J connectivity index is 1.44. The summed E-state index contributed by atoms with van der Waals surface area (Å²) < 4.78 is 5.44. The molecule has 1 aliphatic rings. The third-order valence-corrected chi connectivity index (χ3v) is 5.74. The zero-order valence-electron chi connectivity index (χ0n) is 15.5. The lowest BCUT2D eigenvalue weighted by molar-refractivity contribution is -0.132. The van der Waals surface area contributed by atoms with Gasteiger partial charge in [0, 0.05) is 23.5 Å². The van der Waals surface area contributed by atoms with E-state index in [-0.39, 0.29) is 11.8 Å². The first-order valence-electron chi connectivity index (χ1n) is 9.41. The van der Waals surface area contributed by atoms with Crippen LogP contribution in [0.4, 0.5) is 5.69 Å². The topological polar surface area (TPSA) is 53.8 Å². The van der Waals surface area contributed by atoms with Crippen molar-refractivity contribution in [3.05, 3.63) is 76.4 Å². The molecule has 0 spiro atoms. The summed E-state index contributed by atoms with van der Waals surface area (Å²) in [4.78, 5) is 29.6. The maximum absolute atomic E-state index is 13.0. The average molecular weight is 394 g/mol. The first-order chi connectivity index (χ1) is 13.7. The van der Waals surface area contributed by atoms with Crippen LogP contribution in [0, 0.1) is 0 Å². The van der Waals surface area contributed by atoms with E-state index >= 15 is 0 Å². The van der Waals surface area contributed by atoms with Gasteiger partial charge in [-0.2, -0.15) is 0 Å². The summed E-state index contributed by atoms with van der Waals surface area (Å²) in [6, 6.07) is 15.5. The van der Waals surface area contributed by atoms with Crippen LogP contribution in [0.15, 0.2) is 64.6 Å². The molecule has 4 rings (SSSR count). The zero-order chi connectivity index (χ0) is 19.3. The second-order valence-electron chi connectivity index (χ2n) is 6.90. The second kappa shape index (κ2) is 8.44. The number of furan rings is 1. The molecular weight excluding hydrogens is 372 g/mol. The Kier molecular flexibility index (Phi) is 5.58. The molecule has 28 heavy (non-hydrogen) atoms. The van der Waals surface area contributed by atoms with Crippen molar-refractivity contribution in [2.75, 3.05) is 11.4 Å². The monoisotopic (exact) mass is 394 g/mol. The van der Waals surface area contributed by atoms with Crippen molar-refractivity contribution in [2.45, 2.75) is 32.4 Å². The van der Waals surface area contributed by atoms with Crippen LogP contribution in [0.5, 0.6) is 0 Å². The number of amides is 2. The fourth-order valence-corrected chi connectivity index (χ4v) is 4.13. The van der Waals surface area contributed by atoms with E-state index in [2.05, 4.69) is 0 Å². The number of thiophene rings is 1. The molecule has 0 unspecified atom stereocenters. The quantitative estimate of drug-likeness (QED) is 0.602. The Labute approximate surface area is 168 Å². The van der Waals surface area contributed by atoms with Crippen LogP contribution >= 0.6 is 11.3 Å². The Morgan fingerprint density at radius 3 is 2.61 bits per heavy atom. The fraction of sp³-hybridized carbons (Fsp3) is 0.273. The largest absolute Gasteiger partial charge is 0.467 e. The minimum atomic E-state index is 0.0507. The van der Waals surface area contributed by atoms with Crippen molar-refractivity contribution in [1.82, 2.24) is 4.90 Å². The Hall–Kier alpha value is -2.86. The van der Waals surface area contributed by atoms with Gasteiger partial charge in [0.2, 0.25) is 11.8 Å². The second-order valence-corrected chi connectivity index (χ2v) is 7.93. The van der Waals surface area contributed by atoms with Gasteiger partial charge in [-0.1, -0.05) is 18.2 Å². The summed E-state index contributed by atoms with van der Waals surface area (Å²) in [6.45, 7) is 1.79. The van der Waals surface area contributed by atoms with E-state index in [0.29, 0.717) is 25.9 Å². The summed E-state index contributed by atoms with van der Waals surface area (Å²) >= 11 is 1.64. The van der Waals surface area contributed by atoms with E-state index in [1.807, 2.05) is 63.7 Å². The molecular formula is C22H22N2O3S. The highest BCUT2D eigenvalue weighted by atomic mass is 32.1. The standard InChI is InChI=1S/C22H22N2O3S/c25-21-6-1-11-24(21)18-9-7-17(8-10-18)14-22(26)23(15-19-4-2-12-27-19)16-20-5-3-13-28-20/h2-5,7-10,12-13H,1,6,11,14-16H2. The van der Waals surface area contributed by atoms with E-state index in [4.69, 9.17) is 4.42 Å². The number of carbonyl (C=O) groups excluding carboxylic acids is 2. The molecule has 3 aromatic rings. The molecule has 1 fully saturated rings. The highest BCUT2D eigenvalue weighted by Crippen LogP contribution is 2.22. The minimum absolute atomic E-state index is 0.0507. The highest BCUT2D eigenvalue weighted by molar-refractivity contribution is 7.09. The summed E-state index contributed by atoms with van der Waals surface area (Å²) in [5.41, 5.74) is 1.85. The molecule has 144 valence electrons. The number of carbonyl (C=O) groups is 2. The number of benzene rings is 1. The first-order valence-corrected chi connectivity index (χ1v) is 10.3. The molecule has 3 heterocycles. The summed E-state index contributed by atoms with van der Waals surface area (Å²) in [5.74, 6) is 0.993. The van der Waals surface area contributed by atoms with E-state index in [1.165, 1.54) is 0 Å². The highest BCUT2D eigenvalue weighted by Gasteiger charge is 2.22. The third-order valence-electron chi connectivity index (χ3n) is 4.88. The lowest BCUT2D eigenvalue weighted by Gasteiger charge is -2.21. The molecule has 5 nitrogen and oxygen atoms in total. The molecule has 6 heteroatoms.